The van der Waals surface area contributed by atoms with Gasteiger partial charge in [0, 0.05) is 13.0 Å². The van der Waals surface area contributed by atoms with E-state index in [2.05, 4.69) is 25.6 Å². The van der Waals surface area contributed by atoms with Crippen molar-refractivity contribution >= 4 is 44.5 Å². The molecule has 14 nitrogen and oxygen atoms in total. The van der Waals surface area contributed by atoms with Crippen LogP contribution >= 0.6 is 0 Å². The lowest BCUT2D eigenvalue weighted by molar-refractivity contribution is -0.153. The number of ether oxygens (including phenoxy) is 1. The summed E-state index contributed by atoms with van der Waals surface area (Å²) in [6, 6.07) is -0.323. The first-order valence-corrected chi connectivity index (χ1v) is 13.1. The summed E-state index contributed by atoms with van der Waals surface area (Å²) in [4.78, 5) is 40.0. The number of rotatable bonds is 3. The van der Waals surface area contributed by atoms with Gasteiger partial charge in [-0.25, -0.2) is 27.0 Å². The number of morpholine rings is 1. The zero-order valence-electron chi connectivity index (χ0n) is 20.3. The lowest BCUT2D eigenvalue weighted by Crippen LogP contribution is -2.75. The number of amides is 4. The van der Waals surface area contributed by atoms with Crippen molar-refractivity contribution in [2.24, 2.45) is 5.41 Å². The minimum Gasteiger partial charge on any atom is -0.372 e. The van der Waals surface area contributed by atoms with Crippen LogP contribution in [-0.4, -0.2) is 73.0 Å². The van der Waals surface area contributed by atoms with E-state index in [9.17, 15) is 22.8 Å². The predicted molar refractivity (Wildman–Crippen MR) is 126 cm³/mol. The average Bonchev–Trinajstić information content (AvgIpc) is 3.50. The van der Waals surface area contributed by atoms with E-state index in [1.807, 2.05) is 0 Å². The van der Waals surface area contributed by atoms with Gasteiger partial charge in [0.25, 0.3) is 0 Å². The summed E-state index contributed by atoms with van der Waals surface area (Å²) < 4.78 is 55.0. The molecule has 3 aliphatic heterocycles. The molecule has 0 unspecified atom stereocenters. The molecule has 200 valence electrons. The van der Waals surface area contributed by atoms with Crippen molar-refractivity contribution in [1.82, 2.24) is 30.3 Å². The third-order valence-electron chi connectivity index (χ3n) is 7.30. The molecule has 0 aliphatic carbocycles. The zero-order valence-corrected chi connectivity index (χ0v) is 21.1. The Labute approximate surface area is 214 Å². The van der Waals surface area contributed by atoms with Gasteiger partial charge in [0.05, 0.1) is 41.7 Å². The van der Waals surface area contributed by atoms with Gasteiger partial charge in [-0.15, -0.1) is 0 Å². The summed E-state index contributed by atoms with van der Waals surface area (Å²) in [5.74, 6) is -2.37. The number of fused-ring (bicyclic) bond motifs is 5. The van der Waals surface area contributed by atoms with Gasteiger partial charge in [0.2, 0.25) is 33.2 Å². The van der Waals surface area contributed by atoms with Gasteiger partial charge >= 0.3 is 6.03 Å². The second-order valence-corrected chi connectivity index (χ2v) is 11.4. The number of aromatic nitrogens is 3. The first-order chi connectivity index (χ1) is 18.0. The second kappa shape index (κ2) is 8.05. The summed E-state index contributed by atoms with van der Waals surface area (Å²) in [7, 11) is -2.55. The van der Waals surface area contributed by atoms with Crippen molar-refractivity contribution in [2.45, 2.75) is 43.4 Å². The molecule has 2 fully saturated rings. The van der Waals surface area contributed by atoms with Crippen LogP contribution in [0.25, 0.3) is 16.8 Å². The predicted octanol–water partition coefficient (Wildman–Crippen LogP) is -0.0486. The maximum Gasteiger partial charge on any atom is 0.328 e. The highest BCUT2D eigenvalue weighted by atomic mass is 32.2. The Morgan fingerprint density at radius 2 is 1.92 bits per heavy atom. The summed E-state index contributed by atoms with van der Waals surface area (Å²) in [6.07, 6.45) is 1.01. The molecule has 3 aliphatic rings. The molecule has 1 spiro atoms. The van der Waals surface area contributed by atoms with Crippen molar-refractivity contribution < 1.29 is 36.5 Å². The topological polar surface area (TPSA) is 178 Å². The highest BCUT2D eigenvalue weighted by molar-refractivity contribution is 7.89. The first kappa shape index (κ1) is 24.4. The smallest absolute Gasteiger partial charge is 0.328 e. The Kier molecular flexibility index (Phi) is 5.18. The largest absolute Gasteiger partial charge is 0.372 e. The van der Waals surface area contributed by atoms with E-state index >= 15 is 4.39 Å². The standard InChI is InChI=1S/C22H22FN7O7S/c1-9-7-29-15-11(5-22(17(29)10(2)36-9)19(31)26-21(33)27-20(22)32)4-13-16(14(15)23)37-28-18(13)30-8-12(6-25-30)38(34,35)24-3/h4,6,8-10,17,24H,5,7H2,1-3H3,(H2,26,27,31,32,33)/t9-,10+,17-/m1/s1. The SMILES string of the molecule is CNS(=O)(=O)c1cnn(-c2noc3c(F)c4c(cc23)CC2(C(=O)NC(=O)NC2=O)[C@H]2[C@H](C)O[C@H](C)CN42)c1. The van der Waals surface area contributed by atoms with Gasteiger partial charge in [0.1, 0.15) is 4.90 Å². The third kappa shape index (κ3) is 3.23. The minimum absolute atomic E-state index is 0.00636. The van der Waals surface area contributed by atoms with E-state index in [4.69, 9.17) is 9.26 Å². The summed E-state index contributed by atoms with van der Waals surface area (Å²) in [5, 5.41) is 12.5. The number of imide groups is 2. The van der Waals surface area contributed by atoms with Crippen molar-refractivity contribution in [3.63, 3.8) is 0 Å². The Bertz CT molecular complexity index is 1630. The second-order valence-electron chi connectivity index (χ2n) is 9.54. The van der Waals surface area contributed by atoms with Crippen LogP contribution in [0.3, 0.4) is 0 Å². The van der Waals surface area contributed by atoms with Crippen molar-refractivity contribution in [3.8, 4) is 5.82 Å². The number of halogens is 1. The van der Waals surface area contributed by atoms with Gasteiger partial charge in [-0.2, -0.15) is 5.10 Å². The molecule has 0 bridgehead atoms. The number of benzene rings is 1. The number of nitrogens with zero attached hydrogens (tertiary/aromatic N) is 4. The number of urea groups is 1. The summed E-state index contributed by atoms with van der Waals surface area (Å²) in [6.45, 7) is 3.64. The molecule has 38 heavy (non-hydrogen) atoms. The number of anilines is 1. The lowest BCUT2D eigenvalue weighted by atomic mass is 9.66. The van der Waals surface area contributed by atoms with Crippen LogP contribution in [0.4, 0.5) is 14.9 Å². The molecule has 3 N–H and O–H groups in total. The van der Waals surface area contributed by atoms with E-state index in [0.29, 0.717) is 5.56 Å². The Morgan fingerprint density at radius 3 is 2.61 bits per heavy atom. The Morgan fingerprint density at radius 1 is 1.21 bits per heavy atom. The van der Waals surface area contributed by atoms with Crippen LogP contribution in [0.1, 0.15) is 19.4 Å². The number of sulfonamides is 1. The third-order valence-corrected chi connectivity index (χ3v) is 8.67. The normalized spacial score (nSPS) is 24.8. The lowest BCUT2D eigenvalue weighted by Gasteiger charge is -2.55. The van der Waals surface area contributed by atoms with E-state index in [1.54, 1.807) is 18.7 Å². The average molecular weight is 548 g/mol. The van der Waals surface area contributed by atoms with Gasteiger partial charge in [-0.1, -0.05) is 5.16 Å². The first-order valence-electron chi connectivity index (χ1n) is 11.7. The van der Waals surface area contributed by atoms with Crippen molar-refractivity contribution in [2.75, 3.05) is 18.5 Å². The highest BCUT2D eigenvalue weighted by Crippen LogP contribution is 2.49. The van der Waals surface area contributed by atoms with Crippen molar-refractivity contribution in [3.05, 3.63) is 29.8 Å². The van der Waals surface area contributed by atoms with Crippen LogP contribution in [-0.2, 0) is 30.8 Å². The molecule has 2 saturated heterocycles. The molecular formula is C22H22FN7O7S. The van der Waals surface area contributed by atoms with E-state index in [-0.39, 0.29) is 46.4 Å². The minimum atomic E-state index is -3.80. The summed E-state index contributed by atoms with van der Waals surface area (Å²) >= 11 is 0. The Balaban J connectivity index is 1.56. The van der Waals surface area contributed by atoms with Crippen LogP contribution in [0.5, 0.6) is 0 Å². The molecule has 2 aromatic heterocycles. The Hall–Kier alpha value is -3.89. The molecule has 3 atom stereocenters. The van der Waals surface area contributed by atoms with Crippen LogP contribution in [0.2, 0.25) is 0 Å². The molecule has 1 aromatic carbocycles. The monoisotopic (exact) mass is 547 g/mol. The molecule has 16 heteroatoms. The summed E-state index contributed by atoms with van der Waals surface area (Å²) in [5.41, 5.74) is -1.57. The highest BCUT2D eigenvalue weighted by Gasteiger charge is 2.63. The number of barbiturate groups is 1. The van der Waals surface area contributed by atoms with Crippen LogP contribution in [0, 0.1) is 11.2 Å². The maximum absolute atomic E-state index is 16.2. The molecule has 4 amide bonds. The fourth-order valence-electron chi connectivity index (χ4n) is 5.78. The van der Waals surface area contributed by atoms with Gasteiger partial charge in [0.15, 0.2) is 11.2 Å². The van der Waals surface area contributed by atoms with Gasteiger partial charge < -0.3 is 14.2 Å². The maximum atomic E-state index is 16.2. The number of carbonyl (C=O) groups is 3. The molecule has 0 radical (unpaired) electrons. The zero-order chi connectivity index (χ0) is 27.1. The van der Waals surface area contributed by atoms with Crippen LogP contribution < -0.4 is 20.3 Å². The fourth-order valence-corrected chi connectivity index (χ4v) is 6.44. The fraction of sp³-hybridized carbons (Fsp3) is 0.409. The quantitative estimate of drug-likeness (QED) is 0.377. The molecule has 6 rings (SSSR count). The van der Waals surface area contributed by atoms with E-state index in [0.717, 1.165) is 10.9 Å². The molecule has 0 saturated carbocycles. The molecule has 5 heterocycles. The van der Waals surface area contributed by atoms with Crippen molar-refractivity contribution in [1.29, 1.82) is 0 Å². The van der Waals surface area contributed by atoms with E-state index in [1.165, 1.54) is 19.3 Å². The van der Waals surface area contributed by atoms with Gasteiger partial charge in [-0.3, -0.25) is 20.2 Å². The molecular weight excluding hydrogens is 525 g/mol. The number of nitrogens with one attached hydrogen (secondary N) is 3. The molecule has 3 aromatic rings. The van der Waals surface area contributed by atoms with Crippen LogP contribution in [0.15, 0.2) is 27.9 Å². The number of carbonyl (C=O) groups excluding carboxylic acids is 3. The number of hydrogen-bond acceptors (Lipinski definition) is 10. The van der Waals surface area contributed by atoms with E-state index < -0.39 is 51.2 Å². The van der Waals surface area contributed by atoms with Gasteiger partial charge in [-0.05, 0) is 32.5 Å². The number of hydrogen-bond donors (Lipinski definition) is 3.